The third-order valence-electron chi connectivity index (χ3n) is 6.16. The topological polar surface area (TPSA) is 213 Å². The first-order valence-electron chi connectivity index (χ1n) is 13.1. The number of nitrogens with two attached hydrogens (primary N) is 1. The van der Waals surface area contributed by atoms with Gasteiger partial charge in [-0.25, -0.2) is 9.55 Å². The van der Waals surface area contributed by atoms with Gasteiger partial charge >= 0.3 is 13.7 Å². The van der Waals surface area contributed by atoms with Crippen LogP contribution in [0, 0.1) is 0 Å². The molecule has 2 heterocycles. The molecule has 6 N–H and O–H groups in total. The molecule has 0 aliphatic rings. The van der Waals surface area contributed by atoms with Crippen molar-refractivity contribution in [3.05, 3.63) is 59.1 Å². The Labute approximate surface area is 240 Å². The van der Waals surface area contributed by atoms with Crippen molar-refractivity contribution in [1.82, 2.24) is 24.6 Å². The van der Waals surface area contributed by atoms with Gasteiger partial charge in [-0.05, 0) is 32.2 Å². The zero-order valence-corrected chi connectivity index (χ0v) is 24.1. The second-order valence-electron chi connectivity index (χ2n) is 9.37. The second-order valence-corrected chi connectivity index (χ2v) is 11.1. The minimum atomic E-state index is -4.36. The van der Waals surface area contributed by atoms with Crippen LogP contribution >= 0.6 is 7.75 Å². The Hall–Kier alpha value is -3.85. The van der Waals surface area contributed by atoms with E-state index in [1.807, 2.05) is 18.2 Å². The lowest BCUT2D eigenvalue weighted by Gasteiger charge is -2.28. The highest BCUT2D eigenvalue weighted by Gasteiger charge is 2.35. The van der Waals surface area contributed by atoms with E-state index < -0.39 is 50.2 Å². The summed E-state index contributed by atoms with van der Waals surface area (Å²) in [6.07, 6.45) is -2.77. The Morgan fingerprint density at radius 1 is 1.19 bits per heavy atom. The summed E-state index contributed by atoms with van der Waals surface area (Å²) in [6.45, 7) is 3.65. The van der Waals surface area contributed by atoms with Crippen molar-refractivity contribution >= 4 is 41.6 Å². The van der Waals surface area contributed by atoms with E-state index in [1.54, 1.807) is 31.2 Å². The molecule has 0 saturated heterocycles. The van der Waals surface area contributed by atoms with Crippen molar-refractivity contribution in [2.24, 2.45) is 0 Å². The number of aromatic amines is 1. The van der Waals surface area contributed by atoms with Crippen LogP contribution in [0.15, 0.2) is 53.6 Å². The van der Waals surface area contributed by atoms with Crippen LogP contribution < -0.4 is 20.9 Å². The van der Waals surface area contributed by atoms with Crippen LogP contribution in [0.5, 0.6) is 5.75 Å². The van der Waals surface area contributed by atoms with Crippen molar-refractivity contribution in [2.75, 3.05) is 18.9 Å². The number of fused-ring (bicyclic) bond motifs is 2. The van der Waals surface area contributed by atoms with Crippen molar-refractivity contribution in [2.45, 2.75) is 51.9 Å². The number of hydrogen-bond donors (Lipinski definition) is 5. The fraction of sp³-hybridized carbons (Fsp3) is 0.385. The standard InChI is InChI=1S/C26H33N6O9P/c1-4-38-25(36)15(2)31-42(37,41-19-11-7-9-17-8-5-6-10-18(17)19)40-12-20(22(34)16(3)33)39-14-32-13-28-21-23(32)29-26(27)30-24(21)35/h5-11,13,15-16,20,22,33-34H,4,12,14H2,1-3H3,(H,31,37)(H3,27,29,30,35)/t15-,16?,20+,22?,42?/m0/s1. The molecule has 0 aliphatic carbocycles. The van der Waals surface area contributed by atoms with Gasteiger partial charge in [-0.1, -0.05) is 36.4 Å². The summed E-state index contributed by atoms with van der Waals surface area (Å²) >= 11 is 0. The molecule has 3 unspecified atom stereocenters. The Balaban J connectivity index is 1.59. The summed E-state index contributed by atoms with van der Waals surface area (Å²) in [5.41, 5.74) is 5.23. The van der Waals surface area contributed by atoms with Gasteiger partial charge in [0.1, 0.15) is 30.7 Å². The number of imidazole rings is 1. The largest absolute Gasteiger partial charge is 0.465 e. The first-order valence-corrected chi connectivity index (χ1v) is 14.6. The SMILES string of the molecule is CCOC(=O)[C@H](C)NP(=O)(OC[C@@H](OCn1cnc2c(=O)[nH]c(N)nc21)C(O)C(C)O)Oc1cccc2ccccc12. The number of esters is 1. The molecular weight excluding hydrogens is 571 g/mol. The quantitative estimate of drug-likeness (QED) is 0.102. The van der Waals surface area contributed by atoms with Gasteiger partial charge in [0.05, 0.1) is 25.6 Å². The molecule has 2 aromatic carbocycles. The van der Waals surface area contributed by atoms with Crippen LogP contribution in [0.1, 0.15) is 20.8 Å². The Morgan fingerprint density at radius 3 is 2.67 bits per heavy atom. The van der Waals surface area contributed by atoms with Gasteiger partial charge in [0, 0.05) is 5.39 Å². The van der Waals surface area contributed by atoms with Crippen LogP contribution in [0.4, 0.5) is 5.95 Å². The van der Waals surface area contributed by atoms with Crippen molar-refractivity contribution in [1.29, 1.82) is 0 Å². The summed E-state index contributed by atoms with van der Waals surface area (Å²) in [5.74, 6) is -0.604. The number of aromatic nitrogens is 4. The molecule has 226 valence electrons. The fourth-order valence-corrected chi connectivity index (χ4v) is 5.54. The number of rotatable bonds is 14. The molecule has 16 heteroatoms. The van der Waals surface area contributed by atoms with E-state index >= 15 is 0 Å². The van der Waals surface area contributed by atoms with Crippen molar-refractivity contribution in [3.8, 4) is 5.75 Å². The zero-order chi connectivity index (χ0) is 30.4. The predicted octanol–water partition coefficient (Wildman–Crippen LogP) is 1.68. The minimum Gasteiger partial charge on any atom is -0.465 e. The normalized spacial score (nSPS) is 16.0. The molecule has 0 saturated carbocycles. The molecule has 15 nitrogen and oxygen atoms in total. The van der Waals surface area contributed by atoms with Gasteiger partial charge in [-0.3, -0.25) is 23.7 Å². The first-order chi connectivity index (χ1) is 20.0. The van der Waals surface area contributed by atoms with Crippen LogP contribution in [-0.4, -0.2) is 73.3 Å². The molecule has 2 aromatic heterocycles. The van der Waals surface area contributed by atoms with E-state index in [1.165, 1.54) is 24.7 Å². The van der Waals surface area contributed by atoms with E-state index in [0.717, 1.165) is 5.39 Å². The molecule has 0 radical (unpaired) electrons. The van der Waals surface area contributed by atoms with E-state index in [9.17, 15) is 24.4 Å². The highest BCUT2D eigenvalue weighted by Crippen LogP contribution is 2.47. The average Bonchev–Trinajstić information content (AvgIpc) is 3.36. The summed E-state index contributed by atoms with van der Waals surface area (Å²) in [4.78, 5) is 34.8. The maximum Gasteiger partial charge on any atom is 0.459 e. The number of nitrogens with zero attached hydrogens (tertiary/aromatic N) is 3. The van der Waals surface area contributed by atoms with Crippen LogP contribution in [0.25, 0.3) is 21.9 Å². The number of nitrogens with one attached hydrogen (secondary N) is 2. The lowest BCUT2D eigenvalue weighted by Crippen LogP contribution is -2.42. The maximum absolute atomic E-state index is 14.1. The molecule has 0 aliphatic heterocycles. The number of benzene rings is 2. The van der Waals surface area contributed by atoms with Gasteiger partial charge in [-0.2, -0.15) is 10.1 Å². The van der Waals surface area contributed by atoms with Crippen LogP contribution in [0.3, 0.4) is 0 Å². The second kappa shape index (κ2) is 13.4. The summed E-state index contributed by atoms with van der Waals surface area (Å²) in [6, 6.07) is 11.3. The predicted molar refractivity (Wildman–Crippen MR) is 152 cm³/mol. The van der Waals surface area contributed by atoms with E-state index in [0.29, 0.717) is 5.39 Å². The number of anilines is 1. The highest BCUT2D eigenvalue weighted by molar-refractivity contribution is 7.52. The van der Waals surface area contributed by atoms with Gasteiger partial charge in [0.25, 0.3) is 5.56 Å². The van der Waals surface area contributed by atoms with E-state index in [2.05, 4.69) is 20.0 Å². The summed E-state index contributed by atoms with van der Waals surface area (Å²) in [5, 5.41) is 24.8. The number of H-pyrrole nitrogens is 1. The smallest absolute Gasteiger partial charge is 0.459 e. The third-order valence-corrected chi connectivity index (χ3v) is 7.79. The molecule has 0 spiro atoms. The van der Waals surface area contributed by atoms with Crippen LogP contribution in [-0.2, 0) is 30.1 Å². The lowest BCUT2D eigenvalue weighted by atomic mass is 10.1. The van der Waals surface area contributed by atoms with Crippen LogP contribution in [0.2, 0.25) is 0 Å². The van der Waals surface area contributed by atoms with E-state index in [4.69, 9.17) is 24.3 Å². The maximum atomic E-state index is 14.1. The summed E-state index contributed by atoms with van der Waals surface area (Å²) in [7, 11) is -4.36. The van der Waals surface area contributed by atoms with Gasteiger partial charge < -0.3 is 29.9 Å². The van der Waals surface area contributed by atoms with Gasteiger partial charge in [0.15, 0.2) is 11.2 Å². The molecule has 0 amide bonds. The van der Waals surface area contributed by atoms with Crippen molar-refractivity contribution < 1.29 is 38.1 Å². The Morgan fingerprint density at radius 2 is 1.93 bits per heavy atom. The highest BCUT2D eigenvalue weighted by atomic mass is 31.2. The van der Waals surface area contributed by atoms with Crippen molar-refractivity contribution in [3.63, 3.8) is 0 Å². The molecule has 0 fully saturated rings. The number of aliphatic hydroxyl groups excluding tert-OH is 2. The van der Waals surface area contributed by atoms with Gasteiger partial charge in [0.2, 0.25) is 5.95 Å². The number of carbonyl (C=O) groups excluding carboxylic acids is 1. The number of aliphatic hydroxyl groups is 2. The zero-order valence-electron chi connectivity index (χ0n) is 23.2. The molecule has 0 bridgehead atoms. The Bertz CT molecular complexity index is 1640. The minimum absolute atomic E-state index is 0.0156. The number of hydrogen-bond acceptors (Lipinski definition) is 12. The molecular formula is C26H33N6O9P. The van der Waals surface area contributed by atoms with E-state index in [-0.39, 0.29) is 36.2 Å². The summed E-state index contributed by atoms with van der Waals surface area (Å²) < 4.78 is 37.9. The lowest BCUT2D eigenvalue weighted by molar-refractivity contribution is -0.144. The monoisotopic (exact) mass is 604 g/mol. The molecule has 42 heavy (non-hydrogen) atoms. The fourth-order valence-electron chi connectivity index (χ4n) is 4.02. The number of ether oxygens (including phenoxy) is 2. The Kier molecular flexibility index (Phi) is 9.93. The first kappa shape index (κ1) is 31.1. The number of carbonyl (C=O) groups is 1. The molecule has 4 rings (SSSR count). The third kappa shape index (κ3) is 7.31. The number of nitrogen functional groups attached to an aromatic ring is 1. The molecule has 5 atom stereocenters. The average molecular weight is 605 g/mol. The molecule has 4 aromatic rings. The van der Waals surface area contributed by atoms with Gasteiger partial charge in [-0.15, -0.1) is 0 Å².